The van der Waals surface area contributed by atoms with E-state index in [1.165, 1.54) is 24.9 Å². The molecule has 0 aliphatic carbocycles. The standard InChI is InChI=1S/C22H20N4O4S2/c1-13(2)12-31-22-25-21(32-26-22)24-19(27)16(11-23)10-17-8-9-18(30-17)14-4-6-15(7-5-14)20(28)29-3/h4-10,13H,12H2,1-3H3,(H,24,25,26,27)/b16-10-. The van der Waals surface area contributed by atoms with Crippen molar-refractivity contribution in [3.63, 3.8) is 0 Å². The minimum atomic E-state index is -0.593. The summed E-state index contributed by atoms with van der Waals surface area (Å²) >= 11 is 2.58. The highest BCUT2D eigenvalue weighted by Crippen LogP contribution is 2.25. The summed E-state index contributed by atoms with van der Waals surface area (Å²) in [7, 11) is 1.32. The van der Waals surface area contributed by atoms with Crippen LogP contribution in [0.25, 0.3) is 17.4 Å². The summed E-state index contributed by atoms with van der Waals surface area (Å²) in [5.74, 6) is 1.23. The molecule has 0 saturated carbocycles. The van der Waals surface area contributed by atoms with Crippen molar-refractivity contribution in [2.45, 2.75) is 19.0 Å². The van der Waals surface area contributed by atoms with Crippen molar-refractivity contribution in [3.05, 3.63) is 53.3 Å². The van der Waals surface area contributed by atoms with E-state index in [2.05, 4.69) is 33.3 Å². The molecule has 1 aromatic carbocycles. The molecule has 32 heavy (non-hydrogen) atoms. The van der Waals surface area contributed by atoms with Gasteiger partial charge in [-0.3, -0.25) is 10.1 Å². The van der Waals surface area contributed by atoms with E-state index in [9.17, 15) is 14.9 Å². The number of nitrogens with one attached hydrogen (secondary N) is 1. The predicted octanol–water partition coefficient (Wildman–Crippen LogP) is 4.88. The van der Waals surface area contributed by atoms with E-state index in [0.29, 0.717) is 33.3 Å². The third-order valence-electron chi connectivity index (χ3n) is 4.04. The molecular formula is C22H20N4O4S2. The van der Waals surface area contributed by atoms with Crippen LogP contribution in [0.5, 0.6) is 0 Å². The van der Waals surface area contributed by atoms with Gasteiger partial charge in [-0.1, -0.05) is 37.7 Å². The second-order valence-corrected chi connectivity index (χ2v) is 8.72. The van der Waals surface area contributed by atoms with Crippen molar-refractivity contribution < 1.29 is 18.7 Å². The van der Waals surface area contributed by atoms with Gasteiger partial charge in [0.1, 0.15) is 23.2 Å². The molecule has 1 N–H and O–H groups in total. The Bertz CT molecular complexity index is 1170. The number of amides is 1. The summed E-state index contributed by atoms with van der Waals surface area (Å²) in [6.45, 7) is 4.20. The first-order valence-corrected chi connectivity index (χ1v) is 11.3. The lowest BCUT2D eigenvalue weighted by Crippen LogP contribution is -2.13. The summed E-state index contributed by atoms with van der Waals surface area (Å²) in [6, 6.07) is 12.0. The second kappa shape index (κ2) is 10.7. The zero-order valence-electron chi connectivity index (χ0n) is 17.6. The number of methoxy groups -OCH3 is 1. The van der Waals surface area contributed by atoms with Crippen LogP contribution in [0.1, 0.15) is 30.0 Å². The number of rotatable bonds is 8. The summed E-state index contributed by atoms with van der Waals surface area (Å²) in [6.07, 6.45) is 1.36. The highest BCUT2D eigenvalue weighted by Gasteiger charge is 2.15. The Labute approximate surface area is 193 Å². The van der Waals surface area contributed by atoms with Gasteiger partial charge in [0.15, 0.2) is 0 Å². The average molecular weight is 469 g/mol. The molecular weight excluding hydrogens is 448 g/mol. The molecule has 3 aromatic rings. The normalized spacial score (nSPS) is 11.3. The summed E-state index contributed by atoms with van der Waals surface area (Å²) in [5.41, 5.74) is 1.04. The van der Waals surface area contributed by atoms with Crippen molar-refractivity contribution in [2.75, 3.05) is 18.2 Å². The molecule has 0 atom stereocenters. The fourth-order valence-corrected chi connectivity index (χ4v) is 3.98. The Morgan fingerprint density at radius 3 is 2.69 bits per heavy atom. The van der Waals surface area contributed by atoms with Crippen LogP contribution in [0.3, 0.4) is 0 Å². The minimum Gasteiger partial charge on any atom is -0.465 e. The van der Waals surface area contributed by atoms with E-state index in [4.69, 9.17) is 4.42 Å². The molecule has 8 nitrogen and oxygen atoms in total. The topological polar surface area (TPSA) is 118 Å². The van der Waals surface area contributed by atoms with Crippen LogP contribution < -0.4 is 5.32 Å². The second-order valence-electron chi connectivity index (χ2n) is 6.98. The fraction of sp³-hybridized carbons (Fsp3) is 0.227. The lowest BCUT2D eigenvalue weighted by Gasteiger charge is -2.01. The third kappa shape index (κ3) is 6.06. The molecule has 0 saturated heterocycles. The maximum Gasteiger partial charge on any atom is 0.337 e. The molecule has 0 unspecified atom stereocenters. The first-order valence-electron chi connectivity index (χ1n) is 9.58. The predicted molar refractivity (Wildman–Crippen MR) is 123 cm³/mol. The quantitative estimate of drug-likeness (QED) is 0.215. The first-order chi connectivity index (χ1) is 15.4. The van der Waals surface area contributed by atoms with Crippen molar-refractivity contribution in [2.24, 2.45) is 5.92 Å². The Morgan fingerprint density at radius 1 is 1.28 bits per heavy atom. The molecule has 0 bridgehead atoms. The summed E-state index contributed by atoms with van der Waals surface area (Å²) in [4.78, 5) is 28.3. The number of nitriles is 1. The number of esters is 1. The SMILES string of the molecule is COC(=O)c1ccc(-c2ccc(/C=C(/C#N)C(=O)Nc3nc(SCC(C)C)ns3)o2)cc1. The van der Waals surface area contributed by atoms with E-state index >= 15 is 0 Å². The molecule has 0 aliphatic rings. The maximum absolute atomic E-state index is 12.5. The van der Waals surface area contributed by atoms with E-state index in [0.717, 1.165) is 22.8 Å². The van der Waals surface area contributed by atoms with Crippen molar-refractivity contribution in [3.8, 4) is 17.4 Å². The van der Waals surface area contributed by atoms with Crippen LogP contribution in [0, 0.1) is 17.2 Å². The lowest BCUT2D eigenvalue weighted by atomic mass is 10.1. The number of thioether (sulfide) groups is 1. The van der Waals surface area contributed by atoms with Gasteiger partial charge in [0, 0.05) is 28.9 Å². The number of furan rings is 1. The highest BCUT2D eigenvalue weighted by molar-refractivity contribution is 7.99. The van der Waals surface area contributed by atoms with Gasteiger partial charge in [-0.2, -0.15) is 14.6 Å². The molecule has 3 rings (SSSR count). The van der Waals surface area contributed by atoms with Gasteiger partial charge >= 0.3 is 5.97 Å². The van der Waals surface area contributed by atoms with Crippen molar-refractivity contribution >= 4 is 46.4 Å². The van der Waals surface area contributed by atoms with Gasteiger partial charge in [0.05, 0.1) is 12.7 Å². The maximum atomic E-state index is 12.5. The van der Waals surface area contributed by atoms with Gasteiger partial charge in [-0.15, -0.1) is 0 Å². The number of hydrogen-bond donors (Lipinski definition) is 1. The average Bonchev–Trinajstić information content (AvgIpc) is 3.45. The molecule has 1 amide bonds. The number of ether oxygens (including phenoxy) is 1. The van der Waals surface area contributed by atoms with Gasteiger partial charge in [0.25, 0.3) is 5.91 Å². The molecule has 0 spiro atoms. The molecule has 164 valence electrons. The van der Waals surface area contributed by atoms with Gasteiger partial charge in [0.2, 0.25) is 10.3 Å². The Balaban J connectivity index is 1.69. The lowest BCUT2D eigenvalue weighted by molar-refractivity contribution is -0.112. The molecule has 0 aliphatic heterocycles. The minimum absolute atomic E-state index is 0.126. The van der Waals surface area contributed by atoms with Crippen LogP contribution in [-0.2, 0) is 9.53 Å². The Kier molecular flexibility index (Phi) is 7.81. The smallest absolute Gasteiger partial charge is 0.337 e. The number of benzene rings is 1. The summed E-state index contributed by atoms with van der Waals surface area (Å²) in [5, 5.41) is 12.9. The van der Waals surface area contributed by atoms with Crippen LogP contribution in [-0.4, -0.2) is 34.1 Å². The van der Waals surface area contributed by atoms with E-state index in [1.807, 2.05) is 6.07 Å². The van der Waals surface area contributed by atoms with Crippen LogP contribution in [0.15, 0.2) is 51.5 Å². The summed E-state index contributed by atoms with van der Waals surface area (Å²) < 4.78 is 14.6. The number of hydrogen-bond acceptors (Lipinski definition) is 9. The fourth-order valence-electron chi connectivity index (χ4n) is 2.49. The highest BCUT2D eigenvalue weighted by atomic mass is 32.2. The van der Waals surface area contributed by atoms with Gasteiger partial charge in [-0.05, 0) is 30.2 Å². The largest absolute Gasteiger partial charge is 0.465 e. The Hall–Kier alpha value is -3.42. The van der Waals surface area contributed by atoms with Gasteiger partial charge < -0.3 is 9.15 Å². The zero-order chi connectivity index (χ0) is 23.1. The van der Waals surface area contributed by atoms with Crippen LogP contribution in [0.4, 0.5) is 5.13 Å². The van der Waals surface area contributed by atoms with Crippen molar-refractivity contribution in [1.29, 1.82) is 5.26 Å². The van der Waals surface area contributed by atoms with Crippen LogP contribution in [0.2, 0.25) is 0 Å². The van der Waals surface area contributed by atoms with E-state index < -0.39 is 11.9 Å². The molecule has 0 fully saturated rings. The monoisotopic (exact) mass is 468 g/mol. The van der Waals surface area contributed by atoms with Crippen LogP contribution >= 0.6 is 23.3 Å². The Morgan fingerprint density at radius 2 is 2.03 bits per heavy atom. The molecule has 2 aromatic heterocycles. The zero-order valence-corrected chi connectivity index (χ0v) is 19.3. The molecule has 2 heterocycles. The number of carbonyl (C=O) groups is 2. The first kappa shape index (κ1) is 23.2. The van der Waals surface area contributed by atoms with Gasteiger partial charge in [-0.25, -0.2) is 4.79 Å². The third-order valence-corrected chi connectivity index (χ3v) is 6.06. The number of aromatic nitrogens is 2. The van der Waals surface area contributed by atoms with E-state index in [-0.39, 0.29) is 5.57 Å². The van der Waals surface area contributed by atoms with E-state index in [1.54, 1.807) is 36.4 Å². The number of nitrogens with zero attached hydrogens (tertiary/aromatic N) is 3. The number of anilines is 1. The molecule has 0 radical (unpaired) electrons. The molecule has 10 heteroatoms. The number of carbonyl (C=O) groups excluding carboxylic acids is 2. The van der Waals surface area contributed by atoms with Crippen molar-refractivity contribution in [1.82, 2.24) is 9.36 Å².